The Kier molecular flexibility index (Phi) is 2.78. The standard InChI is InChI=1S/C15H18O4/c1-2-18-13(16)14-9-5-6-10-15(14,17)19-12-8-4-3-7-11(12)14/h3-4,7-8,17H,2,5-6,9-10H2,1H3/t14-,15-/m1/s1. The van der Waals surface area contributed by atoms with E-state index in [0.717, 1.165) is 18.4 Å². The van der Waals surface area contributed by atoms with Gasteiger partial charge < -0.3 is 14.6 Å². The zero-order valence-corrected chi connectivity index (χ0v) is 11.0. The van der Waals surface area contributed by atoms with Crippen LogP contribution in [0, 0.1) is 0 Å². The SMILES string of the molecule is CCOC(=O)[C@]12CCCC[C@@]1(O)Oc1ccccc12. The molecule has 2 aliphatic rings. The zero-order valence-electron chi connectivity index (χ0n) is 11.0. The second kappa shape index (κ2) is 4.23. The van der Waals surface area contributed by atoms with Crippen LogP contribution in [-0.2, 0) is 14.9 Å². The van der Waals surface area contributed by atoms with Crippen LogP contribution < -0.4 is 4.74 Å². The van der Waals surface area contributed by atoms with Gasteiger partial charge in [0.15, 0.2) is 5.41 Å². The minimum atomic E-state index is -1.46. The van der Waals surface area contributed by atoms with Crippen LogP contribution in [0.5, 0.6) is 5.75 Å². The summed E-state index contributed by atoms with van der Waals surface area (Å²) in [6, 6.07) is 7.37. The van der Waals surface area contributed by atoms with Crippen molar-refractivity contribution in [2.75, 3.05) is 6.61 Å². The Balaban J connectivity index is 2.16. The molecule has 0 radical (unpaired) electrons. The second-order valence-corrected chi connectivity index (χ2v) is 5.22. The van der Waals surface area contributed by atoms with Gasteiger partial charge in [-0.05, 0) is 25.8 Å². The molecule has 1 aliphatic heterocycles. The fraction of sp³-hybridized carbons (Fsp3) is 0.533. The Morgan fingerprint density at radius 2 is 2.11 bits per heavy atom. The van der Waals surface area contributed by atoms with Crippen molar-refractivity contribution in [3.63, 3.8) is 0 Å². The van der Waals surface area contributed by atoms with Crippen LogP contribution in [0.3, 0.4) is 0 Å². The number of carbonyl (C=O) groups excluding carboxylic acids is 1. The molecular weight excluding hydrogens is 244 g/mol. The molecule has 1 saturated carbocycles. The van der Waals surface area contributed by atoms with Crippen molar-refractivity contribution in [3.05, 3.63) is 29.8 Å². The highest BCUT2D eigenvalue weighted by atomic mass is 16.6. The molecule has 1 N–H and O–H groups in total. The highest BCUT2D eigenvalue weighted by Crippen LogP contribution is 2.55. The van der Waals surface area contributed by atoms with E-state index in [2.05, 4.69) is 0 Å². The summed E-state index contributed by atoms with van der Waals surface area (Å²) in [5, 5.41) is 10.9. The van der Waals surface area contributed by atoms with Crippen LogP contribution in [0.1, 0.15) is 38.2 Å². The summed E-state index contributed by atoms with van der Waals surface area (Å²) < 4.78 is 11.0. The van der Waals surface area contributed by atoms with Gasteiger partial charge in [0.05, 0.1) is 6.61 Å². The van der Waals surface area contributed by atoms with Gasteiger partial charge in [-0.2, -0.15) is 0 Å². The second-order valence-electron chi connectivity index (χ2n) is 5.22. The maximum Gasteiger partial charge on any atom is 0.323 e. The molecule has 102 valence electrons. The molecule has 0 aromatic heterocycles. The minimum Gasteiger partial charge on any atom is -0.465 e. The molecule has 1 aromatic rings. The van der Waals surface area contributed by atoms with E-state index in [1.165, 1.54) is 0 Å². The molecular formula is C15H18O4. The Morgan fingerprint density at radius 1 is 1.37 bits per heavy atom. The maximum absolute atomic E-state index is 12.5. The van der Waals surface area contributed by atoms with Crippen LogP contribution >= 0.6 is 0 Å². The Hall–Kier alpha value is -1.55. The van der Waals surface area contributed by atoms with Gasteiger partial charge in [-0.15, -0.1) is 0 Å². The highest BCUT2D eigenvalue weighted by Gasteiger charge is 2.66. The van der Waals surface area contributed by atoms with Crippen molar-refractivity contribution in [1.82, 2.24) is 0 Å². The number of rotatable bonds is 2. The molecule has 1 aliphatic carbocycles. The molecule has 2 atom stereocenters. The van der Waals surface area contributed by atoms with Gasteiger partial charge in [0.1, 0.15) is 5.75 Å². The van der Waals surface area contributed by atoms with Gasteiger partial charge in [-0.3, -0.25) is 4.79 Å². The van der Waals surface area contributed by atoms with Crippen LogP contribution in [-0.4, -0.2) is 23.5 Å². The molecule has 1 aromatic carbocycles. The number of hydrogen-bond acceptors (Lipinski definition) is 4. The van der Waals surface area contributed by atoms with Crippen molar-refractivity contribution < 1.29 is 19.4 Å². The molecule has 0 amide bonds. The Morgan fingerprint density at radius 3 is 2.89 bits per heavy atom. The number of para-hydroxylation sites is 1. The number of hydrogen-bond donors (Lipinski definition) is 1. The molecule has 0 spiro atoms. The van der Waals surface area contributed by atoms with E-state index in [-0.39, 0.29) is 5.97 Å². The molecule has 3 rings (SSSR count). The van der Waals surface area contributed by atoms with Crippen molar-refractivity contribution in [1.29, 1.82) is 0 Å². The predicted octanol–water partition coefficient (Wildman–Crippen LogP) is 2.14. The van der Waals surface area contributed by atoms with Gasteiger partial charge in [0.25, 0.3) is 0 Å². The quantitative estimate of drug-likeness (QED) is 0.830. The van der Waals surface area contributed by atoms with E-state index in [1.54, 1.807) is 13.0 Å². The Labute approximate surface area is 112 Å². The van der Waals surface area contributed by atoms with Crippen LogP contribution in [0.2, 0.25) is 0 Å². The first-order chi connectivity index (χ1) is 9.14. The molecule has 0 bridgehead atoms. The van der Waals surface area contributed by atoms with Crippen molar-refractivity contribution in [2.45, 2.75) is 43.8 Å². The largest absolute Gasteiger partial charge is 0.465 e. The van der Waals surface area contributed by atoms with E-state index in [4.69, 9.17) is 9.47 Å². The summed E-state index contributed by atoms with van der Waals surface area (Å²) in [5.41, 5.74) is -0.298. The van der Waals surface area contributed by atoms with Crippen molar-refractivity contribution in [3.8, 4) is 5.75 Å². The van der Waals surface area contributed by atoms with E-state index in [0.29, 0.717) is 25.2 Å². The van der Waals surface area contributed by atoms with E-state index < -0.39 is 11.2 Å². The first kappa shape index (κ1) is 12.5. The lowest BCUT2D eigenvalue weighted by atomic mass is 9.66. The van der Waals surface area contributed by atoms with Gasteiger partial charge in [-0.1, -0.05) is 24.6 Å². The van der Waals surface area contributed by atoms with Gasteiger partial charge >= 0.3 is 5.97 Å². The smallest absolute Gasteiger partial charge is 0.323 e. The third-order valence-corrected chi connectivity index (χ3v) is 4.23. The lowest BCUT2D eigenvalue weighted by Gasteiger charge is -2.41. The molecule has 0 unspecified atom stereocenters. The maximum atomic E-state index is 12.5. The van der Waals surface area contributed by atoms with Gasteiger partial charge in [-0.25, -0.2) is 0 Å². The summed E-state index contributed by atoms with van der Waals surface area (Å²) in [6.45, 7) is 2.08. The average Bonchev–Trinajstić information content (AvgIpc) is 2.68. The summed E-state index contributed by atoms with van der Waals surface area (Å²) in [6.07, 6.45) is 2.77. The van der Waals surface area contributed by atoms with Crippen molar-refractivity contribution in [2.24, 2.45) is 0 Å². The predicted molar refractivity (Wildman–Crippen MR) is 68.8 cm³/mol. The lowest BCUT2D eigenvalue weighted by Crippen LogP contribution is -2.58. The van der Waals surface area contributed by atoms with Gasteiger partial charge in [0.2, 0.25) is 5.79 Å². The number of benzene rings is 1. The van der Waals surface area contributed by atoms with E-state index in [9.17, 15) is 9.90 Å². The van der Waals surface area contributed by atoms with Crippen LogP contribution in [0.4, 0.5) is 0 Å². The minimum absolute atomic E-state index is 0.304. The molecule has 0 saturated heterocycles. The fourth-order valence-corrected chi connectivity index (χ4v) is 3.36. The third-order valence-electron chi connectivity index (χ3n) is 4.23. The van der Waals surface area contributed by atoms with Crippen LogP contribution in [0.25, 0.3) is 0 Å². The number of aliphatic hydroxyl groups is 1. The first-order valence-corrected chi connectivity index (χ1v) is 6.82. The fourth-order valence-electron chi connectivity index (χ4n) is 3.36. The zero-order chi connectivity index (χ0) is 13.5. The third kappa shape index (κ3) is 1.53. The first-order valence-electron chi connectivity index (χ1n) is 6.82. The van der Waals surface area contributed by atoms with Crippen LogP contribution in [0.15, 0.2) is 24.3 Å². The van der Waals surface area contributed by atoms with E-state index in [1.807, 2.05) is 18.2 Å². The summed E-state index contributed by atoms with van der Waals surface area (Å²) in [4.78, 5) is 12.5. The molecule has 1 heterocycles. The van der Waals surface area contributed by atoms with E-state index >= 15 is 0 Å². The number of fused-ring (bicyclic) bond motifs is 3. The molecule has 1 fully saturated rings. The topological polar surface area (TPSA) is 55.8 Å². The molecule has 4 nitrogen and oxygen atoms in total. The number of carbonyl (C=O) groups is 1. The monoisotopic (exact) mass is 262 g/mol. The average molecular weight is 262 g/mol. The summed E-state index contributed by atoms with van der Waals surface area (Å²) in [5.74, 6) is -1.23. The lowest BCUT2D eigenvalue weighted by molar-refractivity contribution is -0.209. The number of ether oxygens (including phenoxy) is 2. The summed E-state index contributed by atoms with van der Waals surface area (Å²) >= 11 is 0. The van der Waals surface area contributed by atoms with Crippen molar-refractivity contribution >= 4 is 5.97 Å². The molecule has 4 heteroatoms. The van der Waals surface area contributed by atoms with Gasteiger partial charge in [0, 0.05) is 12.0 Å². The highest BCUT2D eigenvalue weighted by molar-refractivity contribution is 5.87. The molecule has 19 heavy (non-hydrogen) atoms. The summed E-state index contributed by atoms with van der Waals surface area (Å²) in [7, 11) is 0. The normalized spacial score (nSPS) is 32.1. The Bertz CT molecular complexity index is 513. The number of esters is 1.